The summed E-state index contributed by atoms with van der Waals surface area (Å²) in [6.07, 6.45) is 6.02. The van der Waals surface area contributed by atoms with E-state index in [0.29, 0.717) is 17.5 Å². The predicted molar refractivity (Wildman–Crippen MR) is 81.2 cm³/mol. The fourth-order valence-electron chi connectivity index (χ4n) is 2.89. The Labute approximate surface area is 124 Å². The Morgan fingerprint density at radius 1 is 1.38 bits per heavy atom. The van der Waals surface area contributed by atoms with Crippen LogP contribution in [0.15, 0.2) is 12.4 Å². The highest BCUT2D eigenvalue weighted by atomic mass is 15.5. The Morgan fingerprint density at radius 3 is 3.14 bits per heavy atom. The fourth-order valence-corrected chi connectivity index (χ4v) is 2.89. The molecule has 2 aromatic rings. The molecule has 0 bridgehead atoms. The van der Waals surface area contributed by atoms with E-state index in [1.807, 2.05) is 6.20 Å². The van der Waals surface area contributed by atoms with Crippen molar-refractivity contribution in [2.75, 3.05) is 31.1 Å². The van der Waals surface area contributed by atoms with Crippen molar-refractivity contribution in [2.24, 2.45) is 11.8 Å². The molecule has 1 aliphatic heterocycles. The van der Waals surface area contributed by atoms with Crippen molar-refractivity contribution < 1.29 is 0 Å². The standard InChI is InChI=1S/C14H23N7/c1-11(2)6-15-7-12-4-3-5-20(10-12)14-9-16-8-13-17-18-19-21(13)14/h8-9,11-12,15H,3-7,10H2,1-2H3. The average Bonchev–Trinajstić information content (AvgIpc) is 2.95. The molecule has 7 heteroatoms. The van der Waals surface area contributed by atoms with Crippen molar-refractivity contribution in [2.45, 2.75) is 26.7 Å². The zero-order valence-electron chi connectivity index (χ0n) is 12.7. The van der Waals surface area contributed by atoms with Gasteiger partial charge in [0.1, 0.15) is 0 Å². The van der Waals surface area contributed by atoms with E-state index in [1.165, 1.54) is 12.8 Å². The van der Waals surface area contributed by atoms with E-state index in [0.717, 1.165) is 32.0 Å². The smallest absolute Gasteiger partial charge is 0.199 e. The number of nitrogens with zero attached hydrogens (tertiary/aromatic N) is 6. The molecule has 0 saturated carbocycles. The molecule has 0 aliphatic carbocycles. The molecule has 1 N–H and O–H groups in total. The number of anilines is 1. The van der Waals surface area contributed by atoms with Crippen molar-refractivity contribution >= 4 is 11.5 Å². The quantitative estimate of drug-likeness (QED) is 0.885. The third kappa shape index (κ3) is 3.29. The lowest BCUT2D eigenvalue weighted by molar-refractivity contribution is 0.380. The number of piperidine rings is 1. The molecule has 1 aliphatic rings. The van der Waals surface area contributed by atoms with Gasteiger partial charge in [-0.05, 0) is 48.2 Å². The third-order valence-corrected chi connectivity index (χ3v) is 3.92. The van der Waals surface area contributed by atoms with Gasteiger partial charge in [-0.15, -0.1) is 5.10 Å². The van der Waals surface area contributed by atoms with Gasteiger partial charge >= 0.3 is 0 Å². The van der Waals surface area contributed by atoms with Crippen molar-refractivity contribution in [3.63, 3.8) is 0 Å². The van der Waals surface area contributed by atoms with Gasteiger partial charge in [0.05, 0.1) is 12.4 Å². The summed E-state index contributed by atoms with van der Waals surface area (Å²) in [4.78, 5) is 6.60. The zero-order chi connectivity index (χ0) is 14.7. The van der Waals surface area contributed by atoms with Gasteiger partial charge in [-0.1, -0.05) is 13.8 Å². The molecular formula is C14H23N7. The minimum absolute atomic E-state index is 0.671. The van der Waals surface area contributed by atoms with E-state index >= 15 is 0 Å². The summed E-state index contributed by atoms with van der Waals surface area (Å²) in [5.74, 6) is 2.36. The van der Waals surface area contributed by atoms with Gasteiger partial charge in [0.25, 0.3) is 0 Å². The van der Waals surface area contributed by atoms with E-state index in [2.05, 4.69) is 44.6 Å². The molecule has 2 aromatic heterocycles. The Morgan fingerprint density at radius 2 is 2.29 bits per heavy atom. The lowest BCUT2D eigenvalue weighted by Gasteiger charge is -2.34. The summed E-state index contributed by atoms with van der Waals surface area (Å²) in [5.41, 5.74) is 0.701. The first-order valence-corrected chi connectivity index (χ1v) is 7.72. The number of fused-ring (bicyclic) bond motifs is 1. The van der Waals surface area contributed by atoms with Crippen LogP contribution < -0.4 is 10.2 Å². The molecule has 1 fully saturated rings. The van der Waals surface area contributed by atoms with Gasteiger partial charge in [0, 0.05) is 13.1 Å². The SMILES string of the molecule is CC(C)CNCC1CCCN(c2cncc3nnnn23)C1. The maximum Gasteiger partial charge on any atom is 0.199 e. The summed E-state index contributed by atoms with van der Waals surface area (Å²) < 4.78 is 1.77. The first-order chi connectivity index (χ1) is 10.2. The normalized spacial score (nSPS) is 19.6. The third-order valence-electron chi connectivity index (χ3n) is 3.92. The monoisotopic (exact) mass is 289 g/mol. The van der Waals surface area contributed by atoms with Gasteiger partial charge in [0.15, 0.2) is 11.5 Å². The molecule has 114 valence electrons. The van der Waals surface area contributed by atoms with Crippen LogP contribution in [0.4, 0.5) is 5.82 Å². The van der Waals surface area contributed by atoms with Crippen molar-refractivity contribution in [3.05, 3.63) is 12.4 Å². The lowest BCUT2D eigenvalue weighted by atomic mass is 9.98. The van der Waals surface area contributed by atoms with Crippen LogP contribution in [0.5, 0.6) is 0 Å². The Hall–Kier alpha value is -1.76. The number of hydrogen-bond donors (Lipinski definition) is 1. The van der Waals surface area contributed by atoms with Crippen LogP contribution >= 0.6 is 0 Å². The van der Waals surface area contributed by atoms with Crippen LogP contribution in [0.2, 0.25) is 0 Å². The Balaban J connectivity index is 1.67. The second kappa shape index (κ2) is 6.34. The van der Waals surface area contributed by atoms with Crippen LogP contribution in [0.3, 0.4) is 0 Å². The van der Waals surface area contributed by atoms with Crippen LogP contribution in [0.25, 0.3) is 5.65 Å². The maximum atomic E-state index is 4.25. The first kappa shape index (κ1) is 14.2. The van der Waals surface area contributed by atoms with E-state index in [-0.39, 0.29) is 0 Å². The number of nitrogens with one attached hydrogen (secondary N) is 1. The molecule has 7 nitrogen and oxygen atoms in total. The molecule has 0 radical (unpaired) electrons. The molecule has 0 spiro atoms. The van der Waals surface area contributed by atoms with E-state index < -0.39 is 0 Å². The Kier molecular flexibility index (Phi) is 4.28. The fraction of sp³-hybridized carbons (Fsp3) is 0.714. The van der Waals surface area contributed by atoms with Crippen LogP contribution in [-0.2, 0) is 0 Å². The molecule has 0 aromatic carbocycles. The second-order valence-corrected chi connectivity index (χ2v) is 6.22. The largest absolute Gasteiger partial charge is 0.355 e. The van der Waals surface area contributed by atoms with Gasteiger partial charge in [0.2, 0.25) is 0 Å². The van der Waals surface area contributed by atoms with Crippen LogP contribution in [0.1, 0.15) is 26.7 Å². The average molecular weight is 289 g/mol. The first-order valence-electron chi connectivity index (χ1n) is 7.72. The van der Waals surface area contributed by atoms with E-state index in [4.69, 9.17) is 0 Å². The maximum absolute atomic E-state index is 4.25. The van der Waals surface area contributed by atoms with Gasteiger partial charge in [-0.2, -0.15) is 4.52 Å². The highest BCUT2D eigenvalue weighted by Gasteiger charge is 2.22. The molecular weight excluding hydrogens is 266 g/mol. The number of aromatic nitrogens is 5. The van der Waals surface area contributed by atoms with Gasteiger partial charge in [-0.3, -0.25) is 4.98 Å². The number of hydrogen-bond acceptors (Lipinski definition) is 6. The van der Waals surface area contributed by atoms with E-state index in [9.17, 15) is 0 Å². The minimum Gasteiger partial charge on any atom is -0.355 e. The van der Waals surface area contributed by atoms with Crippen molar-refractivity contribution in [1.29, 1.82) is 0 Å². The summed E-state index contributed by atoms with van der Waals surface area (Å²) >= 11 is 0. The summed E-state index contributed by atoms with van der Waals surface area (Å²) in [6.45, 7) is 8.72. The second-order valence-electron chi connectivity index (χ2n) is 6.22. The van der Waals surface area contributed by atoms with Crippen LogP contribution in [0, 0.1) is 11.8 Å². The number of rotatable bonds is 5. The Bertz CT molecular complexity index is 579. The summed E-state index contributed by atoms with van der Waals surface area (Å²) in [5, 5.41) is 15.3. The minimum atomic E-state index is 0.671. The molecule has 3 heterocycles. The molecule has 1 saturated heterocycles. The topological polar surface area (TPSA) is 71.2 Å². The summed E-state index contributed by atoms with van der Waals surface area (Å²) in [6, 6.07) is 0. The molecule has 0 amide bonds. The highest BCUT2D eigenvalue weighted by Crippen LogP contribution is 2.22. The molecule has 3 rings (SSSR count). The van der Waals surface area contributed by atoms with Gasteiger partial charge < -0.3 is 10.2 Å². The van der Waals surface area contributed by atoms with Crippen molar-refractivity contribution in [1.82, 2.24) is 30.3 Å². The predicted octanol–water partition coefficient (Wildman–Crippen LogP) is 0.981. The molecule has 1 unspecified atom stereocenters. The molecule has 21 heavy (non-hydrogen) atoms. The summed E-state index contributed by atoms with van der Waals surface area (Å²) in [7, 11) is 0. The lowest BCUT2D eigenvalue weighted by Crippen LogP contribution is -2.41. The van der Waals surface area contributed by atoms with E-state index in [1.54, 1.807) is 10.7 Å². The van der Waals surface area contributed by atoms with Crippen LogP contribution in [-0.4, -0.2) is 51.2 Å². The zero-order valence-corrected chi connectivity index (χ0v) is 12.7. The van der Waals surface area contributed by atoms with Crippen molar-refractivity contribution in [3.8, 4) is 0 Å². The highest BCUT2D eigenvalue weighted by molar-refractivity contribution is 5.46. The number of tetrazole rings is 1. The van der Waals surface area contributed by atoms with Gasteiger partial charge in [-0.25, -0.2) is 0 Å². The molecule has 1 atom stereocenters.